The standard InChI is InChI=1S/C20H28FN3O5S/c1-19(2,3)13-7-9-20(10-8-13)12-17(23-29-20)28-18(25)22-14-5-6-16(15(21)11-14)24-30(4,26)27/h5-6,11-13,23-24H,7-10H2,1-4H3,(H,22,25). The molecule has 1 spiro atoms. The third kappa shape index (κ3) is 5.63. The van der Waals surface area contributed by atoms with Crippen molar-refractivity contribution in [2.45, 2.75) is 52.1 Å². The van der Waals surface area contributed by atoms with Crippen LogP contribution in [0.1, 0.15) is 46.5 Å². The van der Waals surface area contributed by atoms with E-state index in [0.717, 1.165) is 38.0 Å². The van der Waals surface area contributed by atoms with Crippen LogP contribution in [0.3, 0.4) is 0 Å². The minimum Gasteiger partial charge on any atom is -0.391 e. The van der Waals surface area contributed by atoms with Gasteiger partial charge in [-0.2, -0.15) is 0 Å². The van der Waals surface area contributed by atoms with Crippen LogP contribution in [0.25, 0.3) is 0 Å². The monoisotopic (exact) mass is 441 g/mol. The fourth-order valence-corrected chi connectivity index (χ4v) is 4.40. The molecular weight excluding hydrogens is 413 g/mol. The summed E-state index contributed by atoms with van der Waals surface area (Å²) < 4.78 is 43.7. The van der Waals surface area contributed by atoms with Crippen LogP contribution < -0.4 is 15.5 Å². The van der Waals surface area contributed by atoms with E-state index in [-0.39, 0.29) is 22.7 Å². The molecule has 1 aromatic rings. The van der Waals surface area contributed by atoms with Gasteiger partial charge in [-0.25, -0.2) is 23.1 Å². The fourth-order valence-electron chi connectivity index (χ4n) is 3.84. The lowest BCUT2D eigenvalue weighted by Gasteiger charge is -2.40. The van der Waals surface area contributed by atoms with Gasteiger partial charge in [0, 0.05) is 11.8 Å². The Morgan fingerprint density at radius 2 is 1.97 bits per heavy atom. The highest BCUT2D eigenvalue weighted by atomic mass is 32.2. The van der Waals surface area contributed by atoms with Crippen molar-refractivity contribution in [1.29, 1.82) is 0 Å². The van der Waals surface area contributed by atoms with Gasteiger partial charge in [0.15, 0.2) is 0 Å². The molecule has 0 radical (unpaired) electrons. The van der Waals surface area contributed by atoms with Crippen molar-refractivity contribution in [1.82, 2.24) is 5.48 Å². The smallest absolute Gasteiger partial charge is 0.391 e. The maximum absolute atomic E-state index is 14.0. The Balaban J connectivity index is 1.57. The van der Waals surface area contributed by atoms with Gasteiger partial charge in [-0.1, -0.05) is 20.8 Å². The molecule has 0 atom stereocenters. The number of carbonyl (C=O) groups excluding carboxylic acids is 1. The van der Waals surface area contributed by atoms with Crippen LogP contribution in [0.15, 0.2) is 30.2 Å². The highest BCUT2D eigenvalue weighted by Gasteiger charge is 2.42. The first kappa shape index (κ1) is 22.4. The number of nitrogens with one attached hydrogen (secondary N) is 3. The van der Waals surface area contributed by atoms with E-state index in [1.54, 1.807) is 6.08 Å². The van der Waals surface area contributed by atoms with Crippen LogP contribution in [0.2, 0.25) is 0 Å². The number of hydrogen-bond donors (Lipinski definition) is 3. The van der Waals surface area contributed by atoms with Gasteiger partial charge in [0.2, 0.25) is 15.9 Å². The van der Waals surface area contributed by atoms with Gasteiger partial charge in [0.1, 0.15) is 11.4 Å². The Kier molecular flexibility index (Phi) is 6.01. The first-order valence-electron chi connectivity index (χ1n) is 9.78. The quantitative estimate of drug-likeness (QED) is 0.650. The van der Waals surface area contributed by atoms with Crippen LogP contribution in [-0.4, -0.2) is 26.4 Å². The predicted molar refractivity (Wildman–Crippen MR) is 111 cm³/mol. The van der Waals surface area contributed by atoms with Crippen molar-refractivity contribution in [2.75, 3.05) is 16.3 Å². The molecule has 8 nitrogen and oxygen atoms in total. The average molecular weight is 442 g/mol. The van der Waals surface area contributed by atoms with Gasteiger partial charge in [-0.05, 0) is 55.2 Å². The summed E-state index contributed by atoms with van der Waals surface area (Å²) in [5.41, 5.74) is 2.34. The molecule has 1 saturated carbocycles. The Bertz CT molecular complexity index is 948. The molecule has 3 N–H and O–H groups in total. The van der Waals surface area contributed by atoms with Crippen molar-refractivity contribution >= 4 is 27.5 Å². The number of carbonyl (C=O) groups is 1. The summed E-state index contributed by atoms with van der Waals surface area (Å²) in [6.07, 6.45) is 5.59. The van der Waals surface area contributed by atoms with Crippen molar-refractivity contribution < 1.29 is 27.2 Å². The number of anilines is 2. The lowest BCUT2D eigenvalue weighted by Crippen LogP contribution is -2.37. The predicted octanol–water partition coefficient (Wildman–Crippen LogP) is 4.10. The fraction of sp³-hybridized carbons (Fsp3) is 0.550. The van der Waals surface area contributed by atoms with E-state index in [1.807, 2.05) is 0 Å². The van der Waals surface area contributed by atoms with Gasteiger partial charge in [-0.3, -0.25) is 14.9 Å². The molecule has 0 saturated heterocycles. The molecule has 1 heterocycles. The number of amides is 1. The molecular formula is C20H28FN3O5S. The largest absolute Gasteiger partial charge is 0.418 e. The normalized spacial score (nSPS) is 24.2. The minimum absolute atomic E-state index is 0.122. The average Bonchev–Trinajstić information content (AvgIpc) is 2.98. The highest BCUT2D eigenvalue weighted by Crippen LogP contribution is 2.44. The summed E-state index contributed by atoms with van der Waals surface area (Å²) in [4.78, 5) is 17.9. The second kappa shape index (κ2) is 8.07. The number of benzene rings is 1. The topological polar surface area (TPSA) is 106 Å². The number of ether oxygens (including phenoxy) is 1. The van der Waals surface area contributed by atoms with Crippen LogP contribution in [0.5, 0.6) is 0 Å². The van der Waals surface area contributed by atoms with E-state index >= 15 is 0 Å². The van der Waals surface area contributed by atoms with Crippen molar-refractivity contribution in [2.24, 2.45) is 11.3 Å². The lowest BCUT2D eigenvalue weighted by molar-refractivity contribution is -0.0822. The van der Waals surface area contributed by atoms with Gasteiger partial charge in [-0.15, -0.1) is 0 Å². The summed E-state index contributed by atoms with van der Waals surface area (Å²) in [7, 11) is -3.61. The molecule has 0 bridgehead atoms. The molecule has 2 aliphatic rings. The maximum atomic E-state index is 14.0. The van der Waals surface area contributed by atoms with Crippen molar-refractivity contribution in [3.8, 4) is 0 Å². The summed E-state index contributed by atoms with van der Waals surface area (Å²) in [6.45, 7) is 6.72. The molecule has 1 aromatic carbocycles. The molecule has 1 aliphatic carbocycles. The van der Waals surface area contributed by atoms with Gasteiger partial charge < -0.3 is 4.74 Å². The van der Waals surface area contributed by atoms with Gasteiger partial charge in [0.05, 0.1) is 11.9 Å². The van der Waals surface area contributed by atoms with E-state index in [2.05, 4.69) is 36.3 Å². The van der Waals surface area contributed by atoms with Crippen molar-refractivity contribution in [3.63, 3.8) is 0 Å². The van der Waals surface area contributed by atoms with Crippen LogP contribution in [0.4, 0.5) is 20.6 Å². The molecule has 1 fully saturated rings. The lowest BCUT2D eigenvalue weighted by atomic mass is 9.68. The summed E-state index contributed by atoms with van der Waals surface area (Å²) in [5.74, 6) is -0.0182. The zero-order valence-corrected chi connectivity index (χ0v) is 18.4. The Labute approximate surface area is 176 Å². The van der Waals surface area contributed by atoms with Gasteiger partial charge in [0.25, 0.3) is 0 Å². The summed E-state index contributed by atoms with van der Waals surface area (Å²) in [5, 5.41) is 2.40. The molecule has 10 heteroatoms. The maximum Gasteiger partial charge on any atom is 0.418 e. The van der Waals surface area contributed by atoms with Crippen molar-refractivity contribution in [3.05, 3.63) is 36.0 Å². The molecule has 30 heavy (non-hydrogen) atoms. The van der Waals surface area contributed by atoms with E-state index in [1.165, 1.54) is 12.1 Å². The zero-order chi connectivity index (χ0) is 22.2. The van der Waals surface area contributed by atoms with E-state index in [4.69, 9.17) is 9.57 Å². The number of rotatable bonds is 4. The molecule has 1 aliphatic heterocycles. The first-order valence-corrected chi connectivity index (χ1v) is 11.7. The zero-order valence-electron chi connectivity index (χ0n) is 17.5. The minimum atomic E-state index is -3.61. The first-order chi connectivity index (χ1) is 13.9. The second-order valence-corrected chi connectivity index (χ2v) is 10.7. The van der Waals surface area contributed by atoms with Crippen LogP contribution >= 0.6 is 0 Å². The third-order valence-corrected chi connectivity index (χ3v) is 6.11. The van der Waals surface area contributed by atoms with Crippen LogP contribution in [-0.2, 0) is 19.6 Å². The molecule has 3 rings (SSSR count). The van der Waals surface area contributed by atoms with E-state index < -0.39 is 27.5 Å². The van der Waals surface area contributed by atoms with E-state index in [0.29, 0.717) is 5.92 Å². The van der Waals surface area contributed by atoms with E-state index in [9.17, 15) is 17.6 Å². The summed E-state index contributed by atoms with van der Waals surface area (Å²) >= 11 is 0. The number of hydrogen-bond acceptors (Lipinski definition) is 6. The molecule has 0 aromatic heterocycles. The SMILES string of the molecule is CC(C)(C)C1CCC2(C=C(OC(=O)Nc3ccc(NS(C)(=O)=O)c(F)c3)NO2)CC1. The van der Waals surface area contributed by atoms with Crippen LogP contribution in [0, 0.1) is 17.2 Å². The number of hydroxylamine groups is 1. The third-order valence-electron chi connectivity index (χ3n) is 5.52. The molecule has 1 amide bonds. The summed E-state index contributed by atoms with van der Waals surface area (Å²) in [6, 6.07) is 3.57. The molecule has 166 valence electrons. The number of sulfonamides is 1. The Morgan fingerprint density at radius 1 is 1.30 bits per heavy atom. The Morgan fingerprint density at radius 3 is 2.53 bits per heavy atom. The second-order valence-electron chi connectivity index (χ2n) is 9.00. The van der Waals surface area contributed by atoms with Gasteiger partial charge >= 0.3 is 6.09 Å². The number of halogens is 1. The molecule has 0 unspecified atom stereocenters. The Hall–Kier alpha value is -2.33. The highest BCUT2D eigenvalue weighted by molar-refractivity contribution is 7.92.